The second-order valence-corrected chi connectivity index (χ2v) is 5.95. The molecule has 21 heavy (non-hydrogen) atoms. The molecule has 1 aliphatic carbocycles. The second kappa shape index (κ2) is 6.00. The summed E-state index contributed by atoms with van der Waals surface area (Å²) in [5.41, 5.74) is 6.73. The van der Waals surface area contributed by atoms with Crippen molar-refractivity contribution in [3.8, 4) is 5.75 Å². The Labute approximate surface area is 124 Å². The molecule has 1 aliphatic rings. The van der Waals surface area contributed by atoms with Crippen LogP contribution in [0.4, 0.5) is 0 Å². The number of hydrogen-bond donors (Lipinski definition) is 2. The molecule has 4 nitrogen and oxygen atoms in total. The molecule has 1 aromatic heterocycles. The molecule has 3 rings (SSSR count). The van der Waals surface area contributed by atoms with Crippen LogP contribution in [0.25, 0.3) is 10.9 Å². The summed E-state index contributed by atoms with van der Waals surface area (Å²) in [6.45, 7) is 0.673. The van der Waals surface area contributed by atoms with Crippen LogP contribution in [-0.2, 0) is 0 Å². The van der Waals surface area contributed by atoms with E-state index < -0.39 is 5.54 Å². The minimum atomic E-state index is -0.416. The lowest BCUT2D eigenvalue weighted by molar-refractivity contribution is 0.143. The lowest BCUT2D eigenvalue weighted by Gasteiger charge is -2.29. The lowest BCUT2D eigenvalue weighted by atomic mass is 9.87. The van der Waals surface area contributed by atoms with Gasteiger partial charge in [0.15, 0.2) is 0 Å². The quantitative estimate of drug-likeness (QED) is 0.886. The van der Waals surface area contributed by atoms with Crippen molar-refractivity contribution >= 4 is 10.9 Å². The number of aliphatic hydroxyl groups is 1. The van der Waals surface area contributed by atoms with Crippen LogP contribution in [0.2, 0.25) is 0 Å². The number of aliphatic hydroxyl groups excluding tert-OH is 1. The van der Waals surface area contributed by atoms with Gasteiger partial charge in [0.05, 0.1) is 13.2 Å². The zero-order valence-corrected chi connectivity index (χ0v) is 12.2. The highest BCUT2D eigenvalue weighted by Crippen LogP contribution is 2.35. The van der Waals surface area contributed by atoms with Crippen molar-refractivity contribution in [3.63, 3.8) is 0 Å². The van der Waals surface area contributed by atoms with Gasteiger partial charge in [-0.05, 0) is 37.3 Å². The molecule has 1 saturated carbocycles. The number of benzene rings is 1. The van der Waals surface area contributed by atoms with Gasteiger partial charge in [-0.25, -0.2) is 0 Å². The van der Waals surface area contributed by atoms with E-state index in [4.69, 9.17) is 10.5 Å². The van der Waals surface area contributed by atoms with Crippen molar-refractivity contribution in [2.24, 2.45) is 11.7 Å². The zero-order valence-electron chi connectivity index (χ0n) is 12.2. The number of pyridine rings is 1. The Bertz CT molecular complexity index is 611. The van der Waals surface area contributed by atoms with Crippen LogP contribution < -0.4 is 10.5 Å². The fraction of sp³-hybridized carbons (Fsp3) is 0.471. The molecule has 0 radical (unpaired) electrons. The minimum Gasteiger partial charge on any atom is -0.491 e. The first-order valence-corrected chi connectivity index (χ1v) is 7.59. The van der Waals surface area contributed by atoms with Gasteiger partial charge in [-0.3, -0.25) is 4.98 Å². The Morgan fingerprint density at radius 2 is 2.19 bits per heavy atom. The molecule has 112 valence electrons. The molecule has 4 heteroatoms. The predicted octanol–water partition coefficient (Wildman–Crippen LogP) is 2.49. The third kappa shape index (κ3) is 2.87. The maximum Gasteiger partial charge on any atom is 0.145 e. The second-order valence-electron chi connectivity index (χ2n) is 5.95. The van der Waals surface area contributed by atoms with Crippen molar-refractivity contribution < 1.29 is 9.84 Å². The van der Waals surface area contributed by atoms with E-state index in [-0.39, 0.29) is 6.61 Å². The first-order chi connectivity index (χ1) is 10.2. The average molecular weight is 286 g/mol. The summed E-state index contributed by atoms with van der Waals surface area (Å²) in [5, 5.41) is 10.6. The third-order valence-corrected chi connectivity index (χ3v) is 4.62. The van der Waals surface area contributed by atoms with E-state index in [2.05, 4.69) is 4.98 Å². The Morgan fingerprint density at radius 1 is 1.33 bits per heavy atom. The SMILES string of the molecule is NC1(CO)CCCC1CCOc1cccc2cccnc12. The molecule has 2 unspecified atom stereocenters. The van der Waals surface area contributed by atoms with E-state index in [0.717, 1.165) is 42.3 Å². The normalized spacial score (nSPS) is 25.3. The van der Waals surface area contributed by atoms with Gasteiger partial charge in [0.2, 0.25) is 0 Å². The Balaban J connectivity index is 1.65. The molecule has 1 heterocycles. The third-order valence-electron chi connectivity index (χ3n) is 4.62. The summed E-state index contributed by atoms with van der Waals surface area (Å²) in [6.07, 6.45) is 5.73. The lowest BCUT2D eigenvalue weighted by Crippen LogP contribution is -2.47. The molecule has 2 aromatic rings. The number of para-hydroxylation sites is 1. The van der Waals surface area contributed by atoms with Crippen molar-refractivity contribution in [2.45, 2.75) is 31.2 Å². The van der Waals surface area contributed by atoms with Gasteiger partial charge < -0.3 is 15.6 Å². The molecule has 0 spiro atoms. The first-order valence-electron chi connectivity index (χ1n) is 7.59. The van der Waals surface area contributed by atoms with Crippen molar-refractivity contribution in [1.29, 1.82) is 0 Å². The first kappa shape index (κ1) is 14.3. The van der Waals surface area contributed by atoms with Crippen molar-refractivity contribution in [3.05, 3.63) is 36.5 Å². The molecule has 0 aliphatic heterocycles. The summed E-state index contributed by atoms with van der Waals surface area (Å²) in [5.74, 6) is 1.16. The number of nitrogens with two attached hydrogens (primary N) is 1. The van der Waals surface area contributed by atoms with Crippen LogP contribution in [0, 0.1) is 5.92 Å². The number of ether oxygens (including phenoxy) is 1. The monoisotopic (exact) mass is 286 g/mol. The van der Waals surface area contributed by atoms with E-state index in [1.807, 2.05) is 30.3 Å². The van der Waals surface area contributed by atoms with E-state index in [0.29, 0.717) is 12.5 Å². The van der Waals surface area contributed by atoms with Gasteiger partial charge in [-0.1, -0.05) is 24.6 Å². The number of nitrogens with zero attached hydrogens (tertiary/aromatic N) is 1. The topological polar surface area (TPSA) is 68.4 Å². The van der Waals surface area contributed by atoms with E-state index in [1.165, 1.54) is 0 Å². The van der Waals surface area contributed by atoms with Crippen LogP contribution >= 0.6 is 0 Å². The van der Waals surface area contributed by atoms with Crippen LogP contribution in [-0.4, -0.2) is 28.8 Å². The van der Waals surface area contributed by atoms with Crippen LogP contribution in [0.15, 0.2) is 36.5 Å². The smallest absolute Gasteiger partial charge is 0.145 e. The molecular formula is C17H22N2O2. The Hall–Kier alpha value is -1.65. The molecule has 2 atom stereocenters. The Morgan fingerprint density at radius 3 is 3.05 bits per heavy atom. The summed E-state index contributed by atoms with van der Waals surface area (Å²) in [4.78, 5) is 4.39. The van der Waals surface area contributed by atoms with E-state index >= 15 is 0 Å². The van der Waals surface area contributed by atoms with E-state index in [1.54, 1.807) is 6.20 Å². The molecule has 3 N–H and O–H groups in total. The van der Waals surface area contributed by atoms with E-state index in [9.17, 15) is 5.11 Å². The minimum absolute atomic E-state index is 0.0630. The van der Waals surface area contributed by atoms with Crippen molar-refractivity contribution in [2.75, 3.05) is 13.2 Å². The Kier molecular flexibility index (Phi) is 4.08. The van der Waals surface area contributed by atoms with Crippen LogP contribution in [0.3, 0.4) is 0 Å². The fourth-order valence-electron chi connectivity index (χ4n) is 3.31. The molecule has 1 fully saturated rings. The fourth-order valence-corrected chi connectivity index (χ4v) is 3.31. The van der Waals surface area contributed by atoms with Gasteiger partial charge in [-0.15, -0.1) is 0 Å². The molecule has 0 saturated heterocycles. The molecule has 0 bridgehead atoms. The highest BCUT2D eigenvalue weighted by molar-refractivity contribution is 5.84. The highest BCUT2D eigenvalue weighted by Gasteiger charge is 2.38. The summed E-state index contributed by atoms with van der Waals surface area (Å²) >= 11 is 0. The number of fused-ring (bicyclic) bond motifs is 1. The highest BCUT2D eigenvalue weighted by atomic mass is 16.5. The largest absolute Gasteiger partial charge is 0.491 e. The molecule has 1 aromatic carbocycles. The van der Waals surface area contributed by atoms with Gasteiger partial charge >= 0.3 is 0 Å². The van der Waals surface area contributed by atoms with Crippen molar-refractivity contribution in [1.82, 2.24) is 4.98 Å². The van der Waals surface area contributed by atoms with Gasteiger partial charge in [-0.2, -0.15) is 0 Å². The van der Waals surface area contributed by atoms with Gasteiger partial charge in [0, 0.05) is 17.1 Å². The number of aromatic nitrogens is 1. The van der Waals surface area contributed by atoms with Gasteiger partial charge in [0.1, 0.15) is 11.3 Å². The maximum absolute atomic E-state index is 9.48. The number of hydrogen-bond acceptors (Lipinski definition) is 4. The average Bonchev–Trinajstić information content (AvgIpc) is 2.89. The standard InChI is InChI=1S/C17H22N2O2/c18-17(12-20)9-2-6-14(17)8-11-21-15-7-1-4-13-5-3-10-19-16(13)15/h1,3-5,7,10,14,20H,2,6,8-9,11-12,18H2. The predicted molar refractivity (Wildman–Crippen MR) is 83.2 cm³/mol. The summed E-state index contributed by atoms with van der Waals surface area (Å²) < 4.78 is 5.92. The summed E-state index contributed by atoms with van der Waals surface area (Å²) in [7, 11) is 0. The summed E-state index contributed by atoms with van der Waals surface area (Å²) in [6, 6.07) is 9.92. The number of rotatable bonds is 5. The maximum atomic E-state index is 9.48. The molecular weight excluding hydrogens is 264 g/mol. The van der Waals surface area contributed by atoms with Crippen LogP contribution in [0.5, 0.6) is 5.75 Å². The molecule has 0 amide bonds. The van der Waals surface area contributed by atoms with Crippen LogP contribution in [0.1, 0.15) is 25.7 Å². The zero-order chi connectivity index (χ0) is 14.7. The van der Waals surface area contributed by atoms with Gasteiger partial charge in [0.25, 0.3) is 0 Å².